The van der Waals surface area contributed by atoms with Gasteiger partial charge in [-0.25, -0.2) is 4.79 Å². The summed E-state index contributed by atoms with van der Waals surface area (Å²) in [6.07, 6.45) is 0.654. The van der Waals surface area contributed by atoms with Crippen molar-refractivity contribution in [2.45, 2.75) is 18.9 Å². The number of aliphatic hydroxyl groups is 1. The Bertz CT molecular complexity index is 509. The highest BCUT2D eigenvalue weighted by molar-refractivity contribution is 5.90. The molecule has 0 amide bonds. The van der Waals surface area contributed by atoms with Crippen molar-refractivity contribution >= 4 is 17.3 Å². The summed E-state index contributed by atoms with van der Waals surface area (Å²) >= 11 is 0. The first-order chi connectivity index (χ1) is 8.99. The van der Waals surface area contributed by atoms with Crippen LogP contribution in [0.2, 0.25) is 0 Å². The molecule has 1 aromatic carbocycles. The van der Waals surface area contributed by atoms with Crippen LogP contribution in [0.25, 0.3) is 0 Å². The van der Waals surface area contributed by atoms with Gasteiger partial charge in [0.25, 0.3) is 5.69 Å². The molecule has 102 valence electrons. The Balaban J connectivity index is 2.37. The van der Waals surface area contributed by atoms with Crippen LogP contribution in [0.3, 0.4) is 0 Å². The molecule has 0 saturated carbocycles. The zero-order valence-corrected chi connectivity index (χ0v) is 10.2. The lowest BCUT2D eigenvalue weighted by molar-refractivity contribution is -0.384. The molecule has 0 radical (unpaired) electrons. The van der Waals surface area contributed by atoms with Crippen LogP contribution in [0.4, 0.5) is 11.4 Å². The molecule has 1 heterocycles. The van der Waals surface area contributed by atoms with E-state index in [1.54, 1.807) is 4.90 Å². The Hall–Kier alpha value is -2.15. The van der Waals surface area contributed by atoms with E-state index < -0.39 is 17.0 Å². The lowest BCUT2D eigenvalue weighted by Gasteiger charge is -2.31. The molecule has 1 aliphatic rings. The van der Waals surface area contributed by atoms with Crippen LogP contribution >= 0.6 is 0 Å². The van der Waals surface area contributed by atoms with Gasteiger partial charge in [-0.15, -0.1) is 0 Å². The molecule has 7 heteroatoms. The monoisotopic (exact) mass is 266 g/mol. The van der Waals surface area contributed by atoms with Gasteiger partial charge in [0.1, 0.15) is 5.69 Å². The van der Waals surface area contributed by atoms with Crippen LogP contribution in [0.5, 0.6) is 0 Å². The molecule has 1 fully saturated rings. The van der Waals surface area contributed by atoms with E-state index in [9.17, 15) is 20.0 Å². The molecule has 0 aliphatic carbocycles. The Morgan fingerprint density at radius 1 is 1.37 bits per heavy atom. The molecule has 2 rings (SSSR count). The van der Waals surface area contributed by atoms with Crippen molar-refractivity contribution in [3.05, 3.63) is 33.9 Å². The number of benzene rings is 1. The van der Waals surface area contributed by atoms with Gasteiger partial charge in [-0.1, -0.05) is 0 Å². The minimum atomic E-state index is -1.12. The highest BCUT2D eigenvalue weighted by Gasteiger charge is 2.25. The molecule has 0 atom stereocenters. The Labute approximate surface area is 109 Å². The second-order valence-electron chi connectivity index (χ2n) is 4.48. The number of aliphatic hydroxyl groups excluding tert-OH is 1. The zero-order valence-electron chi connectivity index (χ0n) is 10.2. The first-order valence-corrected chi connectivity index (χ1v) is 5.94. The molecule has 0 spiro atoms. The fourth-order valence-corrected chi connectivity index (χ4v) is 2.17. The fraction of sp³-hybridized carbons (Fsp3) is 0.417. The molecule has 1 aromatic rings. The number of carboxylic acids is 1. The maximum atomic E-state index is 11.0. The van der Waals surface area contributed by atoms with Crippen molar-refractivity contribution in [3.63, 3.8) is 0 Å². The van der Waals surface area contributed by atoms with Crippen LogP contribution in [0.1, 0.15) is 23.2 Å². The van der Waals surface area contributed by atoms with Gasteiger partial charge in [0, 0.05) is 19.2 Å². The normalized spacial score (nSPS) is 16.4. The van der Waals surface area contributed by atoms with Crippen LogP contribution in [0, 0.1) is 10.1 Å². The molecule has 7 nitrogen and oxygen atoms in total. The van der Waals surface area contributed by atoms with Gasteiger partial charge in [-0.2, -0.15) is 0 Å². The number of carboxylic acid groups (broad SMARTS) is 1. The van der Waals surface area contributed by atoms with Crippen molar-refractivity contribution in [2.24, 2.45) is 0 Å². The molecule has 1 aliphatic heterocycles. The fourth-order valence-electron chi connectivity index (χ4n) is 2.17. The number of hydrogen-bond donors (Lipinski definition) is 2. The van der Waals surface area contributed by atoms with E-state index in [1.807, 2.05) is 0 Å². The summed E-state index contributed by atoms with van der Waals surface area (Å²) in [4.78, 5) is 23.2. The van der Waals surface area contributed by atoms with E-state index in [-0.39, 0.29) is 11.3 Å². The maximum absolute atomic E-state index is 11.0. The molecular formula is C12H14N2O5. The second kappa shape index (κ2) is 5.23. The highest BCUT2D eigenvalue weighted by atomic mass is 16.6. The van der Waals surface area contributed by atoms with E-state index >= 15 is 0 Å². The quantitative estimate of drug-likeness (QED) is 0.630. The number of carbonyl (C=O) groups is 1. The smallest absolute Gasteiger partial charge is 0.335 e. The van der Waals surface area contributed by atoms with Gasteiger partial charge >= 0.3 is 5.97 Å². The summed E-state index contributed by atoms with van der Waals surface area (Å²) in [5.41, 5.74) is 0.213. The van der Waals surface area contributed by atoms with E-state index in [0.29, 0.717) is 31.6 Å². The van der Waals surface area contributed by atoms with E-state index in [0.717, 1.165) is 0 Å². The molecule has 0 unspecified atom stereocenters. The number of piperidine rings is 1. The van der Waals surface area contributed by atoms with Crippen LogP contribution in [-0.4, -0.2) is 40.3 Å². The van der Waals surface area contributed by atoms with Crippen LogP contribution in [-0.2, 0) is 0 Å². The molecule has 2 N–H and O–H groups in total. The minimum Gasteiger partial charge on any atom is -0.478 e. The van der Waals surface area contributed by atoms with Gasteiger partial charge in [-0.3, -0.25) is 10.1 Å². The van der Waals surface area contributed by atoms with E-state index in [2.05, 4.69) is 0 Å². The summed E-state index contributed by atoms with van der Waals surface area (Å²) in [5, 5.41) is 29.4. The molecule has 19 heavy (non-hydrogen) atoms. The summed E-state index contributed by atoms with van der Waals surface area (Å²) in [5.74, 6) is -1.12. The van der Waals surface area contributed by atoms with Crippen molar-refractivity contribution < 1.29 is 19.9 Å². The maximum Gasteiger partial charge on any atom is 0.335 e. The van der Waals surface area contributed by atoms with Crippen molar-refractivity contribution in [3.8, 4) is 0 Å². The second-order valence-corrected chi connectivity index (χ2v) is 4.48. The molecule has 0 aromatic heterocycles. The summed E-state index contributed by atoms with van der Waals surface area (Å²) in [6, 6.07) is 3.75. The minimum absolute atomic E-state index is 0.0201. The number of nitrogens with zero attached hydrogens (tertiary/aromatic N) is 2. The third kappa shape index (κ3) is 2.82. The number of nitro benzene ring substituents is 1. The lowest BCUT2D eigenvalue weighted by Crippen LogP contribution is -2.36. The SMILES string of the molecule is O=C(O)c1ccc([N+](=O)[O-])c(N2CCC(O)CC2)c1. The topological polar surface area (TPSA) is 104 Å². The van der Waals surface area contributed by atoms with Gasteiger partial charge in [0.2, 0.25) is 0 Å². The van der Waals surface area contributed by atoms with Gasteiger partial charge in [0.05, 0.1) is 16.6 Å². The Morgan fingerprint density at radius 3 is 2.53 bits per heavy atom. The summed E-state index contributed by atoms with van der Waals surface area (Å²) in [7, 11) is 0. The first kappa shape index (κ1) is 13.3. The summed E-state index contributed by atoms with van der Waals surface area (Å²) < 4.78 is 0. The third-order valence-electron chi connectivity index (χ3n) is 3.22. The first-order valence-electron chi connectivity index (χ1n) is 5.94. The lowest BCUT2D eigenvalue weighted by atomic mass is 10.1. The largest absolute Gasteiger partial charge is 0.478 e. The summed E-state index contributed by atoms with van der Waals surface area (Å²) in [6.45, 7) is 0.955. The molecule has 1 saturated heterocycles. The van der Waals surface area contributed by atoms with Gasteiger partial charge < -0.3 is 15.1 Å². The van der Waals surface area contributed by atoms with Gasteiger partial charge in [0.15, 0.2) is 0 Å². The highest BCUT2D eigenvalue weighted by Crippen LogP contribution is 2.31. The number of rotatable bonds is 3. The number of aromatic carboxylic acids is 1. The van der Waals surface area contributed by atoms with Crippen LogP contribution in [0.15, 0.2) is 18.2 Å². The average Bonchev–Trinajstić information content (AvgIpc) is 2.38. The number of hydrogen-bond acceptors (Lipinski definition) is 5. The van der Waals surface area contributed by atoms with Crippen molar-refractivity contribution in [1.82, 2.24) is 0 Å². The Morgan fingerprint density at radius 2 is 2.00 bits per heavy atom. The zero-order chi connectivity index (χ0) is 14.0. The van der Waals surface area contributed by atoms with Crippen molar-refractivity contribution in [1.29, 1.82) is 0 Å². The standard InChI is InChI=1S/C12H14N2O5/c15-9-3-5-13(6-4-9)11-7-8(12(16)17)1-2-10(11)14(18)19/h1-2,7,9,15H,3-6H2,(H,16,17). The van der Waals surface area contributed by atoms with E-state index in [1.165, 1.54) is 18.2 Å². The predicted octanol–water partition coefficient (Wildman–Crippen LogP) is 1.25. The molecule has 0 bridgehead atoms. The third-order valence-corrected chi connectivity index (χ3v) is 3.22. The Kier molecular flexibility index (Phi) is 3.66. The van der Waals surface area contributed by atoms with Crippen molar-refractivity contribution in [2.75, 3.05) is 18.0 Å². The van der Waals surface area contributed by atoms with Gasteiger partial charge in [-0.05, 0) is 25.0 Å². The van der Waals surface area contributed by atoms with E-state index in [4.69, 9.17) is 5.11 Å². The molecular weight excluding hydrogens is 252 g/mol. The average molecular weight is 266 g/mol. The number of anilines is 1. The van der Waals surface area contributed by atoms with Crippen LogP contribution < -0.4 is 4.90 Å². The number of nitro groups is 1. The predicted molar refractivity (Wildman–Crippen MR) is 67.5 cm³/mol.